The number of aromatic nitrogens is 2. The van der Waals surface area contributed by atoms with Gasteiger partial charge in [0.1, 0.15) is 23.0 Å². The molecule has 2 aromatic carbocycles. The average molecular weight is 362 g/mol. The third kappa shape index (κ3) is 4.82. The highest BCUT2D eigenvalue weighted by molar-refractivity contribution is 6.02. The molecule has 0 bridgehead atoms. The third-order valence-electron chi connectivity index (χ3n) is 4.05. The van der Waals surface area contributed by atoms with E-state index in [1.165, 1.54) is 6.20 Å². The van der Waals surface area contributed by atoms with Crippen molar-refractivity contribution in [2.75, 3.05) is 23.3 Å². The van der Waals surface area contributed by atoms with E-state index in [0.29, 0.717) is 11.4 Å². The van der Waals surface area contributed by atoms with Crippen LogP contribution in [-0.2, 0) is 0 Å². The molecule has 138 valence electrons. The van der Waals surface area contributed by atoms with E-state index in [1.807, 2.05) is 30.3 Å². The zero-order valence-corrected chi connectivity index (χ0v) is 15.4. The third-order valence-corrected chi connectivity index (χ3v) is 4.05. The second kappa shape index (κ2) is 8.80. The summed E-state index contributed by atoms with van der Waals surface area (Å²) in [4.78, 5) is 23.0. The van der Waals surface area contributed by atoms with Gasteiger partial charge in [-0.25, -0.2) is 9.97 Å². The zero-order chi connectivity index (χ0) is 19.1. The quantitative estimate of drug-likeness (QED) is 0.676. The van der Waals surface area contributed by atoms with Crippen LogP contribution in [0.3, 0.4) is 0 Å². The Morgan fingerprint density at radius 1 is 0.926 bits per heavy atom. The predicted octanol–water partition coefficient (Wildman–Crippen LogP) is 4.37. The second-order valence-corrected chi connectivity index (χ2v) is 5.83. The van der Waals surface area contributed by atoms with Gasteiger partial charge >= 0.3 is 0 Å². The van der Waals surface area contributed by atoms with Crippen molar-refractivity contribution in [2.45, 2.75) is 13.8 Å². The number of ether oxygens (including phenoxy) is 1. The van der Waals surface area contributed by atoms with E-state index < -0.39 is 0 Å². The maximum absolute atomic E-state index is 12.4. The van der Waals surface area contributed by atoms with Crippen LogP contribution in [-0.4, -0.2) is 29.0 Å². The lowest BCUT2D eigenvalue weighted by Crippen LogP contribution is -2.23. The lowest BCUT2D eigenvalue weighted by molar-refractivity contribution is 0.102. The topological polar surface area (TPSA) is 67.4 Å². The Balaban J connectivity index is 1.62. The molecule has 1 heterocycles. The summed E-state index contributed by atoms with van der Waals surface area (Å²) in [5, 5.41) is 2.82. The van der Waals surface area contributed by atoms with E-state index in [0.717, 1.165) is 24.7 Å². The number of carbonyl (C=O) groups excluding carboxylic acids is 1. The molecule has 0 unspecified atom stereocenters. The first kappa shape index (κ1) is 18.4. The minimum Gasteiger partial charge on any atom is -0.457 e. The fourth-order valence-corrected chi connectivity index (χ4v) is 2.58. The number of nitrogens with zero attached hydrogens (tertiary/aromatic N) is 3. The number of para-hydroxylation sites is 1. The van der Waals surface area contributed by atoms with Gasteiger partial charge in [0.2, 0.25) is 0 Å². The van der Waals surface area contributed by atoms with Gasteiger partial charge in [-0.3, -0.25) is 4.79 Å². The van der Waals surface area contributed by atoms with Gasteiger partial charge in [-0.1, -0.05) is 18.2 Å². The van der Waals surface area contributed by atoms with Crippen LogP contribution >= 0.6 is 0 Å². The van der Waals surface area contributed by atoms with Gasteiger partial charge in [-0.15, -0.1) is 0 Å². The van der Waals surface area contributed by atoms with Crippen LogP contribution in [0.4, 0.5) is 11.5 Å². The number of rotatable bonds is 7. The van der Waals surface area contributed by atoms with Crippen molar-refractivity contribution in [3.05, 3.63) is 72.7 Å². The van der Waals surface area contributed by atoms with E-state index in [9.17, 15) is 4.79 Å². The van der Waals surface area contributed by atoms with Crippen LogP contribution in [0.25, 0.3) is 0 Å². The van der Waals surface area contributed by atoms with Crippen molar-refractivity contribution in [2.24, 2.45) is 0 Å². The van der Waals surface area contributed by atoms with Crippen molar-refractivity contribution in [3.8, 4) is 11.5 Å². The molecular formula is C21H22N4O2. The van der Waals surface area contributed by atoms with Gasteiger partial charge in [0, 0.05) is 18.8 Å². The Morgan fingerprint density at radius 2 is 1.59 bits per heavy atom. The van der Waals surface area contributed by atoms with E-state index in [-0.39, 0.29) is 11.6 Å². The molecule has 6 nitrogen and oxygen atoms in total. The summed E-state index contributed by atoms with van der Waals surface area (Å²) in [6.45, 7) is 5.79. The molecular weight excluding hydrogens is 340 g/mol. The highest BCUT2D eigenvalue weighted by Crippen LogP contribution is 2.22. The minimum atomic E-state index is -0.301. The van der Waals surface area contributed by atoms with Crippen LogP contribution in [0, 0.1) is 0 Å². The Bertz CT molecular complexity index is 861. The predicted molar refractivity (Wildman–Crippen MR) is 107 cm³/mol. The van der Waals surface area contributed by atoms with Gasteiger partial charge in [-0.05, 0) is 50.2 Å². The Hall–Kier alpha value is -3.41. The molecule has 0 fully saturated rings. The van der Waals surface area contributed by atoms with Gasteiger partial charge in [0.05, 0.1) is 12.4 Å². The van der Waals surface area contributed by atoms with Crippen LogP contribution in [0.1, 0.15) is 24.3 Å². The molecule has 0 aliphatic carbocycles. The number of benzene rings is 2. The lowest BCUT2D eigenvalue weighted by Gasteiger charge is -2.18. The number of carbonyl (C=O) groups is 1. The molecule has 0 atom stereocenters. The van der Waals surface area contributed by atoms with Crippen molar-refractivity contribution >= 4 is 17.4 Å². The lowest BCUT2D eigenvalue weighted by atomic mass is 10.3. The van der Waals surface area contributed by atoms with E-state index in [4.69, 9.17) is 4.74 Å². The summed E-state index contributed by atoms with van der Waals surface area (Å²) in [6.07, 6.45) is 3.12. The molecule has 3 rings (SSSR count). The highest BCUT2D eigenvalue weighted by atomic mass is 16.5. The van der Waals surface area contributed by atoms with Crippen LogP contribution in [0.5, 0.6) is 11.5 Å². The summed E-state index contributed by atoms with van der Waals surface area (Å²) in [5.41, 5.74) is 0.936. The molecule has 0 saturated carbocycles. The van der Waals surface area contributed by atoms with E-state index in [1.54, 1.807) is 30.5 Å². The molecule has 27 heavy (non-hydrogen) atoms. The molecule has 1 amide bonds. The summed E-state index contributed by atoms with van der Waals surface area (Å²) < 4.78 is 5.74. The molecule has 0 aliphatic heterocycles. The van der Waals surface area contributed by atoms with Crippen molar-refractivity contribution in [3.63, 3.8) is 0 Å². The van der Waals surface area contributed by atoms with E-state index in [2.05, 4.69) is 34.0 Å². The molecule has 1 aromatic heterocycles. The highest BCUT2D eigenvalue weighted by Gasteiger charge is 2.10. The van der Waals surface area contributed by atoms with Crippen LogP contribution in [0.2, 0.25) is 0 Å². The Labute approximate surface area is 158 Å². The molecule has 0 radical (unpaired) electrons. The number of anilines is 2. The van der Waals surface area contributed by atoms with Gasteiger partial charge in [0.25, 0.3) is 5.91 Å². The summed E-state index contributed by atoms with van der Waals surface area (Å²) >= 11 is 0. The standard InChI is InChI=1S/C21H22N4O2/c1-3-25(4-2)20-15-22-19(14-23-20)21(26)24-16-10-12-18(13-11-16)27-17-8-6-5-7-9-17/h5-15H,3-4H2,1-2H3,(H,24,26). The molecule has 0 spiro atoms. The number of amides is 1. The van der Waals surface area contributed by atoms with Gasteiger partial charge in [0.15, 0.2) is 0 Å². The Kier molecular flexibility index (Phi) is 5.99. The second-order valence-electron chi connectivity index (χ2n) is 5.83. The van der Waals surface area contributed by atoms with Crippen molar-refractivity contribution in [1.29, 1.82) is 0 Å². The van der Waals surface area contributed by atoms with Crippen LogP contribution < -0.4 is 15.0 Å². The summed E-state index contributed by atoms with van der Waals surface area (Å²) in [6, 6.07) is 16.7. The smallest absolute Gasteiger partial charge is 0.275 e. The summed E-state index contributed by atoms with van der Waals surface area (Å²) in [5.74, 6) is 1.92. The SMILES string of the molecule is CCN(CC)c1cnc(C(=O)Nc2ccc(Oc3ccccc3)cc2)cn1. The molecule has 3 aromatic rings. The largest absolute Gasteiger partial charge is 0.457 e. The van der Waals surface area contributed by atoms with Crippen LogP contribution in [0.15, 0.2) is 67.0 Å². The monoisotopic (exact) mass is 362 g/mol. The average Bonchev–Trinajstić information content (AvgIpc) is 2.72. The molecule has 0 saturated heterocycles. The van der Waals surface area contributed by atoms with Gasteiger partial charge < -0.3 is 15.0 Å². The fourth-order valence-electron chi connectivity index (χ4n) is 2.58. The normalized spacial score (nSPS) is 10.3. The Morgan fingerprint density at radius 3 is 2.19 bits per heavy atom. The maximum Gasteiger partial charge on any atom is 0.275 e. The number of hydrogen-bond acceptors (Lipinski definition) is 5. The van der Waals surface area contributed by atoms with Crippen molar-refractivity contribution < 1.29 is 9.53 Å². The number of nitrogens with one attached hydrogen (secondary N) is 1. The minimum absolute atomic E-state index is 0.274. The molecule has 1 N–H and O–H groups in total. The first-order chi connectivity index (χ1) is 13.2. The first-order valence-electron chi connectivity index (χ1n) is 8.91. The van der Waals surface area contributed by atoms with Gasteiger partial charge in [-0.2, -0.15) is 0 Å². The zero-order valence-electron chi connectivity index (χ0n) is 15.4. The number of hydrogen-bond donors (Lipinski definition) is 1. The van der Waals surface area contributed by atoms with E-state index >= 15 is 0 Å². The fraction of sp³-hybridized carbons (Fsp3) is 0.190. The first-order valence-corrected chi connectivity index (χ1v) is 8.91. The maximum atomic E-state index is 12.4. The molecule has 0 aliphatic rings. The van der Waals surface area contributed by atoms with Crippen molar-refractivity contribution in [1.82, 2.24) is 9.97 Å². The summed E-state index contributed by atoms with van der Waals surface area (Å²) in [7, 11) is 0. The molecule has 6 heteroatoms.